The normalized spacial score (nSPS) is 24.7. The van der Waals surface area contributed by atoms with Crippen LogP contribution in [0, 0.1) is 0 Å². The van der Waals surface area contributed by atoms with Crippen LogP contribution in [0.5, 0.6) is 5.75 Å². The molecule has 3 nitrogen and oxygen atoms in total. The molecule has 4 heteroatoms. The van der Waals surface area contributed by atoms with Crippen LogP contribution in [0.1, 0.15) is 37.7 Å². The van der Waals surface area contributed by atoms with E-state index in [9.17, 15) is 9.90 Å². The molecular formula is C16H20O3S. The Morgan fingerprint density at radius 1 is 1.30 bits per heavy atom. The molecule has 0 amide bonds. The van der Waals surface area contributed by atoms with Gasteiger partial charge in [-0.3, -0.25) is 4.79 Å². The van der Waals surface area contributed by atoms with Crippen LogP contribution < -0.4 is 4.74 Å². The number of thioether (sulfide) groups is 1. The van der Waals surface area contributed by atoms with E-state index in [1.54, 1.807) is 0 Å². The van der Waals surface area contributed by atoms with Gasteiger partial charge in [0.25, 0.3) is 0 Å². The van der Waals surface area contributed by atoms with Crippen molar-refractivity contribution in [3.63, 3.8) is 0 Å². The Bertz CT molecular complexity index is 490. The molecule has 1 aromatic carbocycles. The van der Waals surface area contributed by atoms with E-state index in [-0.39, 0.29) is 6.10 Å². The molecule has 20 heavy (non-hydrogen) atoms. The number of carboxylic acid groups (broad SMARTS) is 1. The second-order valence-corrected chi connectivity index (χ2v) is 6.84. The fourth-order valence-electron chi connectivity index (χ4n) is 3.08. The van der Waals surface area contributed by atoms with Crippen molar-refractivity contribution < 1.29 is 14.6 Å². The van der Waals surface area contributed by atoms with E-state index in [1.165, 1.54) is 12.2 Å². The number of hydrogen-bond acceptors (Lipinski definition) is 3. The summed E-state index contributed by atoms with van der Waals surface area (Å²) >= 11 is 1.92. The lowest BCUT2D eigenvalue weighted by atomic mass is 9.64. The number of carboxylic acids is 1. The van der Waals surface area contributed by atoms with E-state index in [1.807, 2.05) is 36.0 Å². The van der Waals surface area contributed by atoms with Crippen LogP contribution in [0.15, 0.2) is 24.3 Å². The number of aliphatic carboxylic acids is 1. The number of hydrogen-bond donors (Lipinski definition) is 1. The molecule has 1 N–H and O–H groups in total. The van der Waals surface area contributed by atoms with E-state index in [2.05, 4.69) is 0 Å². The van der Waals surface area contributed by atoms with Crippen LogP contribution >= 0.6 is 11.8 Å². The van der Waals surface area contributed by atoms with Crippen molar-refractivity contribution in [1.29, 1.82) is 0 Å². The van der Waals surface area contributed by atoms with Gasteiger partial charge in [0.1, 0.15) is 11.9 Å². The Balaban J connectivity index is 1.86. The summed E-state index contributed by atoms with van der Waals surface area (Å²) in [4.78, 5) is 11.7. The van der Waals surface area contributed by atoms with E-state index in [4.69, 9.17) is 4.74 Å². The number of para-hydroxylation sites is 1. The van der Waals surface area contributed by atoms with Gasteiger partial charge in [-0.05, 0) is 37.5 Å². The van der Waals surface area contributed by atoms with E-state index < -0.39 is 11.4 Å². The highest BCUT2D eigenvalue weighted by atomic mass is 32.2. The van der Waals surface area contributed by atoms with Crippen molar-refractivity contribution in [3.8, 4) is 5.75 Å². The molecule has 108 valence electrons. The van der Waals surface area contributed by atoms with Crippen LogP contribution in [0.3, 0.4) is 0 Å². The van der Waals surface area contributed by atoms with Crippen LogP contribution in [-0.2, 0) is 10.2 Å². The average molecular weight is 292 g/mol. The van der Waals surface area contributed by atoms with Crippen molar-refractivity contribution >= 4 is 17.7 Å². The predicted octanol–water partition coefficient (Wildman–Crippen LogP) is 3.47. The van der Waals surface area contributed by atoms with Gasteiger partial charge in [0, 0.05) is 11.3 Å². The zero-order chi connectivity index (χ0) is 14.0. The zero-order valence-corrected chi connectivity index (χ0v) is 12.3. The minimum atomic E-state index is -0.710. The van der Waals surface area contributed by atoms with Gasteiger partial charge in [-0.25, -0.2) is 0 Å². The highest BCUT2D eigenvalue weighted by Gasteiger charge is 2.47. The van der Waals surface area contributed by atoms with E-state index in [0.717, 1.165) is 42.7 Å². The fraction of sp³-hybridized carbons (Fsp3) is 0.562. The lowest BCUT2D eigenvalue weighted by Gasteiger charge is -2.39. The largest absolute Gasteiger partial charge is 0.489 e. The van der Waals surface area contributed by atoms with Crippen LogP contribution in [0.25, 0.3) is 0 Å². The first-order valence-corrected chi connectivity index (χ1v) is 8.45. The number of benzene rings is 1. The molecule has 1 aliphatic carbocycles. The zero-order valence-electron chi connectivity index (χ0n) is 11.5. The maximum absolute atomic E-state index is 11.7. The molecule has 0 aromatic heterocycles. The summed E-state index contributed by atoms with van der Waals surface area (Å²) in [6.07, 6.45) is 4.91. The molecule has 1 aromatic rings. The Labute approximate surface area is 123 Å². The molecule has 2 aliphatic rings. The first-order valence-electron chi connectivity index (χ1n) is 7.30. The van der Waals surface area contributed by atoms with Gasteiger partial charge in [0.15, 0.2) is 0 Å². The predicted molar refractivity (Wildman–Crippen MR) is 80.6 cm³/mol. The summed E-state index contributed by atoms with van der Waals surface area (Å²) < 4.78 is 6.13. The minimum absolute atomic E-state index is 0.223. The lowest BCUT2D eigenvalue weighted by Crippen LogP contribution is -2.42. The van der Waals surface area contributed by atoms with Crippen molar-refractivity contribution in [1.82, 2.24) is 0 Å². The molecule has 1 aliphatic heterocycles. The number of carbonyl (C=O) groups is 1. The van der Waals surface area contributed by atoms with E-state index in [0.29, 0.717) is 0 Å². The molecule has 1 unspecified atom stereocenters. The fourth-order valence-corrected chi connectivity index (χ4v) is 4.11. The molecule has 2 fully saturated rings. The monoisotopic (exact) mass is 292 g/mol. The third kappa shape index (κ3) is 2.41. The third-order valence-corrected chi connectivity index (χ3v) is 5.62. The summed E-state index contributed by atoms with van der Waals surface area (Å²) in [6, 6.07) is 7.71. The Morgan fingerprint density at radius 3 is 2.70 bits per heavy atom. The lowest BCUT2D eigenvalue weighted by molar-refractivity contribution is -0.147. The first kappa shape index (κ1) is 13.8. The average Bonchev–Trinajstić information content (AvgIpc) is 2.40. The van der Waals surface area contributed by atoms with Gasteiger partial charge in [0.2, 0.25) is 0 Å². The molecule has 0 radical (unpaired) electrons. The smallest absolute Gasteiger partial charge is 0.314 e. The maximum Gasteiger partial charge on any atom is 0.314 e. The molecule has 1 heterocycles. The van der Waals surface area contributed by atoms with Crippen LogP contribution in [-0.4, -0.2) is 28.7 Å². The highest BCUT2D eigenvalue weighted by molar-refractivity contribution is 7.99. The molecule has 1 atom stereocenters. The highest BCUT2D eigenvalue weighted by Crippen LogP contribution is 2.47. The summed E-state index contributed by atoms with van der Waals surface area (Å²) in [5.41, 5.74) is 0.160. The molecular weight excluding hydrogens is 272 g/mol. The Kier molecular flexibility index (Phi) is 3.92. The molecule has 0 spiro atoms. The maximum atomic E-state index is 11.7. The summed E-state index contributed by atoms with van der Waals surface area (Å²) in [5, 5.41) is 9.61. The molecule has 0 bridgehead atoms. The van der Waals surface area contributed by atoms with Gasteiger partial charge in [-0.15, -0.1) is 0 Å². The second kappa shape index (κ2) is 5.68. The second-order valence-electron chi connectivity index (χ2n) is 5.69. The molecule has 1 saturated heterocycles. The number of ether oxygens (including phenoxy) is 1. The van der Waals surface area contributed by atoms with E-state index >= 15 is 0 Å². The van der Waals surface area contributed by atoms with Gasteiger partial charge in [0.05, 0.1) is 5.41 Å². The quantitative estimate of drug-likeness (QED) is 0.923. The summed E-state index contributed by atoms with van der Waals surface area (Å²) in [6.45, 7) is 0. The van der Waals surface area contributed by atoms with Crippen LogP contribution in [0.2, 0.25) is 0 Å². The number of rotatable bonds is 4. The van der Waals surface area contributed by atoms with Gasteiger partial charge in [-0.2, -0.15) is 11.8 Å². The first-order chi connectivity index (χ1) is 9.72. The Morgan fingerprint density at radius 2 is 2.10 bits per heavy atom. The Hall–Kier alpha value is -1.16. The summed E-state index contributed by atoms with van der Waals surface area (Å²) in [7, 11) is 0. The van der Waals surface area contributed by atoms with Gasteiger partial charge >= 0.3 is 5.97 Å². The van der Waals surface area contributed by atoms with Crippen molar-refractivity contribution in [2.24, 2.45) is 0 Å². The van der Waals surface area contributed by atoms with Crippen LogP contribution in [0.4, 0.5) is 0 Å². The van der Waals surface area contributed by atoms with Gasteiger partial charge < -0.3 is 9.84 Å². The van der Waals surface area contributed by atoms with Crippen molar-refractivity contribution in [2.75, 3.05) is 11.5 Å². The summed E-state index contributed by atoms with van der Waals surface area (Å²) in [5.74, 6) is 2.29. The van der Waals surface area contributed by atoms with Crippen molar-refractivity contribution in [2.45, 2.75) is 43.6 Å². The minimum Gasteiger partial charge on any atom is -0.489 e. The molecule has 1 saturated carbocycles. The third-order valence-electron chi connectivity index (χ3n) is 4.43. The topological polar surface area (TPSA) is 46.5 Å². The van der Waals surface area contributed by atoms with Crippen molar-refractivity contribution in [3.05, 3.63) is 29.8 Å². The van der Waals surface area contributed by atoms with Gasteiger partial charge in [-0.1, -0.05) is 24.6 Å². The molecule has 3 rings (SSSR count). The SMILES string of the molecule is O=C(O)C1(c2ccccc2OC2CCCSC2)CCC1. The standard InChI is InChI=1S/C16H20O3S/c17-15(18)16(8-4-9-16)13-6-1-2-7-14(13)19-12-5-3-10-20-11-12/h1-2,6-7,12H,3-5,8-11H2,(H,17,18).